The number of halogens is 2. The summed E-state index contributed by atoms with van der Waals surface area (Å²) in [5, 5.41) is 2.88. The molecule has 0 unspecified atom stereocenters. The molecule has 200 valence electrons. The number of hydrogen-bond acceptors (Lipinski definition) is 4. The van der Waals surface area contributed by atoms with Crippen LogP contribution < -0.4 is 10.1 Å². The Hall–Kier alpha value is -3.35. The molecule has 39 heavy (non-hydrogen) atoms. The van der Waals surface area contributed by atoms with Gasteiger partial charge in [-0.15, -0.1) is 23.2 Å². The molecule has 6 nitrogen and oxygen atoms in total. The molecular weight excluding hydrogens is 535 g/mol. The molecule has 3 aliphatic carbocycles. The van der Waals surface area contributed by atoms with Crippen molar-refractivity contribution in [3.8, 4) is 5.75 Å². The fourth-order valence-electron chi connectivity index (χ4n) is 6.70. The summed E-state index contributed by atoms with van der Waals surface area (Å²) in [4.78, 5) is 40.8. The van der Waals surface area contributed by atoms with Gasteiger partial charge in [0.15, 0.2) is 0 Å². The third kappa shape index (κ3) is 3.44. The lowest BCUT2D eigenvalue weighted by molar-refractivity contribution is -0.148. The highest BCUT2D eigenvalue weighted by Gasteiger charge is 2.73. The Balaban J connectivity index is 1.42. The third-order valence-electron chi connectivity index (χ3n) is 8.23. The summed E-state index contributed by atoms with van der Waals surface area (Å²) < 4.78 is 5.48. The number of imide groups is 1. The van der Waals surface area contributed by atoms with E-state index >= 15 is 0 Å². The molecule has 7 rings (SSSR count). The molecule has 3 amide bonds. The zero-order valence-corrected chi connectivity index (χ0v) is 23.3. The molecule has 4 aliphatic rings. The Morgan fingerprint density at radius 3 is 1.67 bits per heavy atom. The van der Waals surface area contributed by atoms with Crippen LogP contribution in [0.5, 0.6) is 5.75 Å². The van der Waals surface area contributed by atoms with E-state index in [4.69, 9.17) is 27.9 Å². The van der Waals surface area contributed by atoms with Crippen molar-refractivity contribution in [1.82, 2.24) is 4.90 Å². The van der Waals surface area contributed by atoms with Gasteiger partial charge in [-0.3, -0.25) is 19.3 Å². The van der Waals surface area contributed by atoms with Crippen molar-refractivity contribution < 1.29 is 19.1 Å². The maximum absolute atomic E-state index is 14.3. The van der Waals surface area contributed by atoms with Crippen molar-refractivity contribution >= 4 is 46.6 Å². The lowest BCUT2D eigenvalue weighted by atomic mass is 9.54. The summed E-state index contributed by atoms with van der Waals surface area (Å²) in [6.45, 7) is 6.05. The minimum absolute atomic E-state index is 0.360. The zero-order chi connectivity index (χ0) is 27.7. The van der Waals surface area contributed by atoms with E-state index in [1.165, 1.54) is 0 Å². The number of carbonyl (C=O) groups is 3. The number of likely N-dealkylation sites (tertiary alicyclic amines) is 1. The second kappa shape index (κ2) is 9.10. The van der Waals surface area contributed by atoms with E-state index in [2.05, 4.69) is 5.32 Å². The average molecular weight is 563 g/mol. The standard InChI is InChI=1S/C31H28Cl2N2O4/c1-4-39-19-15-13-18(14-16-19)34-27(36)26(17(2)3)35-28(37)24-25(29(35)38)31(33)21-10-6-5-9-20(21)30(24,32)22-11-7-8-12-23(22)31/h5-17,24-26H,4H2,1-3H3,(H,34,36)/t24-,25-,26+,30?,31?/m1/s1. The van der Waals surface area contributed by atoms with Crippen LogP contribution in [0.4, 0.5) is 5.69 Å². The van der Waals surface area contributed by atoms with Gasteiger partial charge in [0.1, 0.15) is 21.5 Å². The van der Waals surface area contributed by atoms with Crippen molar-refractivity contribution in [2.24, 2.45) is 17.8 Å². The Labute approximate surface area is 237 Å². The smallest absolute Gasteiger partial charge is 0.247 e. The molecule has 1 fully saturated rings. The highest BCUT2D eigenvalue weighted by molar-refractivity contribution is 6.36. The molecule has 1 aliphatic heterocycles. The van der Waals surface area contributed by atoms with Crippen LogP contribution >= 0.6 is 23.2 Å². The van der Waals surface area contributed by atoms with Gasteiger partial charge in [0.05, 0.1) is 18.4 Å². The molecule has 3 aromatic carbocycles. The summed E-state index contributed by atoms with van der Waals surface area (Å²) >= 11 is 15.0. The summed E-state index contributed by atoms with van der Waals surface area (Å²) in [5.74, 6) is -2.99. The SMILES string of the molecule is CCOc1ccc(NC(=O)[C@H](C(C)C)N2C(=O)[C@H]3[C@H](C2=O)C2(Cl)c4ccccc4C3(Cl)c3ccccc32)cc1. The molecule has 8 heteroatoms. The first-order valence-electron chi connectivity index (χ1n) is 13.1. The fourth-order valence-corrected chi connectivity index (χ4v) is 7.80. The first-order chi connectivity index (χ1) is 18.6. The van der Waals surface area contributed by atoms with Crippen LogP contribution in [0.25, 0.3) is 0 Å². The number of nitrogens with one attached hydrogen (secondary N) is 1. The number of carbonyl (C=O) groups excluding carboxylic acids is 3. The van der Waals surface area contributed by atoms with Crippen molar-refractivity contribution in [2.45, 2.75) is 36.6 Å². The molecule has 0 saturated carbocycles. The van der Waals surface area contributed by atoms with E-state index in [1.807, 2.05) is 69.3 Å². The second-order valence-corrected chi connectivity index (χ2v) is 11.8. The topological polar surface area (TPSA) is 75.7 Å². The molecule has 0 spiro atoms. The van der Waals surface area contributed by atoms with Crippen LogP contribution in [0.2, 0.25) is 0 Å². The van der Waals surface area contributed by atoms with E-state index in [-0.39, 0.29) is 5.92 Å². The van der Waals surface area contributed by atoms with Crippen molar-refractivity contribution in [3.63, 3.8) is 0 Å². The number of hydrogen-bond donors (Lipinski definition) is 1. The van der Waals surface area contributed by atoms with Crippen molar-refractivity contribution in [3.05, 3.63) is 95.1 Å². The minimum Gasteiger partial charge on any atom is -0.494 e. The Morgan fingerprint density at radius 2 is 1.28 bits per heavy atom. The van der Waals surface area contributed by atoms with Crippen molar-refractivity contribution in [1.29, 1.82) is 0 Å². The third-order valence-corrected chi connectivity index (χ3v) is 9.52. The highest BCUT2D eigenvalue weighted by atomic mass is 35.5. The first-order valence-corrected chi connectivity index (χ1v) is 13.9. The summed E-state index contributed by atoms with van der Waals surface area (Å²) in [5.41, 5.74) is 3.44. The van der Waals surface area contributed by atoms with Crippen LogP contribution in [0.3, 0.4) is 0 Å². The lowest BCUT2D eigenvalue weighted by Gasteiger charge is -2.54. The normalized spacial score (nSPS) is 27.2. The largest absolute Gasteiger partial charge is 0.494 e. The number of nitrogens with zero attached hydrogens (tertiary/aromatic N) is 1. The van der Waals surface area contributed by atoms with Gasteiger partial charge in [0.25, 0.3) is 0 Å². The Morgan fingerprint density at radius 1 is 0.846 bits per heavy atom. The van der Waals surface area contributed by atoms with E-state index in [1.54, 1.807) is 24.3 Å². The van der Waals surface area contributed by atoms with Crippen molar-refractivity contribution in [2.75, 3.05) is 11.9 Å². The van der Waals surface area contributed by atoms with E-state index in [0.29, 0.717) is 18.0 Å². The molecule has 2 bridgehead atoms. The molecule has 1 heterocycles. The first kappa shape index (κ1) is 25.9. The van der Waals surface area contributed by atoms with Crippen LogP contribution in [0, 0.1) is 17.8 Å². The van der Waals surface area contributed by atoms with Gasteiger partial charge >= 0.3 is 0 Å². The monoisotopic (exact) mass is 562 g/mol. The quantitative estimate of drug-likeness (QED) is 0.311. The fraction of sp³-hybridized carbons (Fsp3) is 0.323. The zero-order valence-electron chi connectivity index (χ0n) is 21.8. The molecule has 3 atom stereocenters. The van der Waals surface area contributed by atoms with Crippen LogP contribution in [0.15, 0.2) is 72.8 Å². The number of ether oxygens (including phenoxy) is 1. The number of amides is 3. The minimum atomic E-state index is -1.29. The van der Waals surface area contributed by atoms with Gasteiger partial charge in [0, 0.05) is 5.69 Å². The second-order valence-electron chi connectivity index (χ2n) is 10.7. The van der Waals surface area contributed by atoms with Gasteiger partial charge < -0.3 is 10.1 Å². The van der Waals surface area contributed by atoms with E-state index < -0.39 is 45.3 Å². The summed E-state index contributed by atoms with van der Waals surface area (Å²) in [7, 11) is 0. The van der Waals surface area contributed by atoms with Crippen LogP contribution in [-0.2, 0) is 24.1 Å². The maximum atomic E-state index is 14.3. The highest BCUT2D eigenvalue weighted by Crippen LogP contribution is 2.69. The molecule has 1 saturated heterocycles. The number of alkyl halides is 2. The predicted molar refractivity (Wildman–Crippen MR) is 150 cm³/mol. The summed E-state index contributed by atoms with van der Waals surface area (Å²) in [6.07, 6.45) is 0. The molecule has 3 aromatic rings. The van der Waals surface area contributed by atoms with Gasteiger partial charge in [-0.25, -0.2) is 0 Å². The number of rotatable bonds is 6. The van der Waals surface area contributed by atoms with Gasteiger partial charge in [0.2, 0.25) is 17.7 Å². The average Bonchev–Trinajstić information content (AvgIpc) is 3.19. The van der Waals surface area contributed by atoms with E-state index in [0.717, 1.165) is 27.2 Å². The molecular formula is C31H28Cl2N2O4. The van der Waals surface area contributed by atoms with E-state index in [9.17, 15) is 14.4 Å². The van der Waals surface area contributed by atoms with Gasteiger partial charge in [-0.05, 0) is 59.4 Å². The van der Waals surface area contributed by atoms with Gasteiger partial charge in [-0.2, -0.15) is 0 Å². The summed E-state index contributed by atoms with van der Waals surface area (Å²) in [6, 6.07) is 20.9. The van der Waals surface area contributed by atoms with Crippen LogP contribution in [0.1, 0.15) is 43.0 Å². The maximum Gasteiger partial charge on any atom is 0.247 e. The number of benzene rings is 3. The lowest BCUT2D eigenvalue weighted by Crippen LogP contribution is -2.57. The molecule has 1 N–H and O–H groups in total. The Bertz CT molecular complexity index is 1380. The molecule has 0 aromatic heterocycles. The molecule has 0 radical (unpaired) electrons. The predicted octanol–water partition coefficient (Wildman–Crippen LogP) is 5.64. The van der Waals surface area contributed by atoms with Gasteiger partial charge in [-0.1, -0.05) is 62.4 Å². The Kier molecular flexibility index (Phi) is 6.05. The van der Waals surface area contributed by atoms with Crippen LogP contribution in [-0.4, -0.2) is 35.3 Å². The number of anilines is 1.